The van der Waals surface area contributed by atoms with Crippen LogP contribution in [0.2, 0.25) is 0 Å². The van der Waals surface area contributed by atoms with Gasteiger partial charge in [0.15, 0.2) is 5.82 Å². The summed E-state index contributed by atoms with van der Waals surface area (Å²) in [6.07, 6.45) is 5.95. The van der Waals surface area contributed by atoms with Gasteiger partial charge >= 0.3 is 0 Å². The highest BCUT2D eigenvalue weighted by atomic mass is 16.2. The zero-order valence-corrected chi connectivity index (χ0v) is 18.0. The van der Waals surface area contributed by atoms with Crippen LogP contribution < -0.4 is 0 Å². The van der Waals surface area contributed by atoms with Gasteiger partial charge in [0.2, 0.25) is 5.91 Å². The highest BCUT2D eigenvalue weighted by molar-refractivity contribution is 5.97. The molecular weight excluding hydrogens is 394 g/mol. The summed E-state index contributed by atoms with van der Waals surface area (Å²) in [5.41, 5.74) is 1.26. The fourth-order valence-corrected chi connectivity index (χ4v) is 4.18. The molecule has 2 aliphatic heterocycles. The Kier molecular flexibility index (Phi) is 6.34. The number of hydrogen-bond donors (Lipinski definition) is 0. The van der Waals surface area contributed by atoms with Gasteiger partial charge in [0, 0.05) is 46.0 Å². The third kappa shape index (κ3) is 4.78. The van der Waals surface area contributed by atoms with Gasteiger partial charge in [-0.05, 0) is 18.4 Å². The van der Waals surface area contributed by atoms with Crippen molar-refractivity contribution in [3.8, 4) is 0 Å². The second kappa shape index (κ2) is 9.32. The molecule has 0 bridgehead atoms. The zero-order valence-electron chi connectivity index (χ0n) is 18.0. The second-order valence-corrected chi connectivity index (χ2v) is 8.31. The molecule has 4 rings (SSSR count). The van der Waals surface area contributed by atoms with Crippen molar-refractivity contribution >= 4 is 17.7 Å². The monoisotopic (exact) mass is 423 g/mol. The lowest BCUT2D eigenvalue weighted by Gasteiger charge is -2.27. The van der Waals surface area contributed by atoms with Crippen molar-refractivity contribution in [2.75, 3.05) is 33.2 Å². The quantitative estimate of drug-likeness (QED) is 0.737. The van der Waals surface area contributed by atoms with E-state index in [0.29, 0.717) is 19.6 Å². The molecule has 0 N–H and O–H groups in total. The molecule has 0 saturated carbocycles. The molecule has 0 radical (unpaired) electrons. The van der Waals surface area contributed by atoms with Gasteiger partial charge in [-0.25, -0.2) is 4.98 Å². The normalized spacial score (nSPS) is 16.6. The molecule has 1 fully saturated rings. The van der Waals surface area contributed by atoms with E-state index in [1.54, 1.807) is 22.7 Å². The van der Waals surface area contributed by atoms with Gasteiger partial charge in [0.25, 0.3) is 11.8 Å². The SMILES string of the molecule is CN(CC(=O)N1CCCCCC1)C(=O)c1cn2c(n1)C(=O)N(Cc1ccccc1)CC2. The summed E-state index contributed by atoms with van der Waals surface area (Å²) in [7, 11) is 1.61. The summed E-state index contributed by atoms with van der Waals surface area (Å²) >= 11 is 0. The summed E-state index contributed by atoms with van der Waals surface area (Å²) < 4.78 is 1.74. The number of likely N-dealkylation sites (tertiary alicyclic amines) is 1. The average molecular weight is 424 g/mol. The highest BCUT2D eigenvalue weighted by Gasteiger charge is 2.29. The van der Waals surface area contributed by atoms with E-state index in [1.807, 2.05) is 35.2 Å². The first kappa shape index (κ1) is 21.1. The number of aromatic nitrogens is 2. The van der Waals surface area contributed by atoms with E-state index in [2.05, 4.69) is 4.98 Å². The van der Waals surface area contributed by atoms with Crippen molar-refractivity contribution in [2.45, 2.75) is 38.8 Å². The molecule has 2 aromatic rings. The summed E-state index contributed by atoms with van der Waals surface area (Å²) in [4.78, 5) is 47.7. The summed E-state index contributed by atoms with van der Waals surface area (Å²) in [6, 6.07) is 9.81. The zero-order chi connectivity index (χ0) is 21.8. The van der Waals surface area contributed by atoms with Gasteiger partial charge in [-0.1, -0.05) is 43.2 Å². The topological polar surface area (TPSA) is 78.8 Å². The van der Waals surface area contributed by atoms with E-state index in [0.717, 1.165) is 44.3 Å². The Bertz CT molecular complexity index is 947. The molecule has 0 aliphatic carbocycles. The number of likely N-dealkylation sites (N-methyl/N-ethyl adjacent to an activating group) is 1. The maximum atomic E-state index is 12.9. The third-order valence-electron chi connectivity index (χ3n) is 5.98. The maximum absolute atomic E-state index is 12.9. The molecule has 3 amide bonds. The minimum absolute atomic E-state index is 0.0229. The molecule has 0 atom stereocenters. The Morgan fingerprint density at radius 3 is 2.42 bits per heavy atom. The van der Waals surface area contributed by atoms with Crippen LogP contribution in [-0.2, 0) is 17.9 Å². The first-order valence-electron chi connectivity index (χ1n) is 11.0. The highest BCUT2D eigenvalue weighted by Crippen LogP contribution is 2.17. The molecule has 1 aromatic heterocycles. The fourth-order valence-electron chi connectivity index (χ4n) is 4.18. The molecule has 3 heterocycles. The Hall–Kier alpha value is -3.16. The van der Waals surface area contributed by atoms with Crippen LogP contribution in [0.5, 0.6) is 0 Å². The Balaban J connectivity index is 1.40. The van der Waals surface area contributed by atoms with Crippen molar-refractivity contribution < 1.29 is 14.4 Å². The van der Waals surface area contributed by atoms with E-state index in [4.69, 9.17) is 0 Å². The molecule has 1 aromatic carbocycles. The minimum atomic E-state index is -0.340. The number of benzene rings is 1. The van der Waals surface area contributed by atoms with Crippen LogP contribution in [0, 0.1) is 0 Å². The van der Waals surface area contributed by atoms with Gasteiger partial charge < -0.3 is 19.3 Å². The average Bonchev–Trinajstić information content (AvgIpc) is 3.02. The largest absolute Gasteiger partial charge is 0.341 e. The summed E-state index contributed by atoms with van der Waals surface area (Å²) in [5.74, 6) is -0.283. The Morgan fingerprint density at radius 1 is 1.00 bits per heavy atom. The van der Waals surface area contributed by atoms with Gasteiger partial charge in [0.05, 0.1) is 6.54 Å². The molecule has 8 heteroatoms. The Labute approximate surface area is 182 Å². The molecular formula is C23H29N5O3. The second-order valence-electron chi connectivity index (χ2n) is 8.31. The molecule has 31 heavy (non-hydrogen) atoms. The van der Waals surface area contributed by atoms with Crippen molar-refractivity contribution in [3.05, 3.63) is 53.6 Å². The predicted octanol–water partition coefficient (Wildman–Crippen LogP) is 2.01. The number of amides is 3. The lowest BCUT2D eigenvalue weighted by atomic mass is 10.2. The smallest absolute Gasteiger partial charge is 0.290 e. The van der Waals surface area contributed by atoms with E-state index in [9.17, 15) is 14.4 Å². The van der Waals surface area contributed by atoms with E-state index in [-0.39, 0.29) is 35.8 Å². The van der Waals surface area contributed by atoms with Crippen molar-refractivity contribution in [3.63, 3.8) is 0 Å². The number of imidazole rings is 1. The first-order chi connectivity index (χ1) is 15.0. The summed E-state index contributed by atoms with van der Waals surface area (Å²) in [6.45, 7) is 3.20. The number of carbonyl (C=O) groups excluding carboxylic acids is 3. The molecule has 1 saturated heterocycles. The summed E-state index contributed by atoms with van der Waals surface area (Å²) in [5, 5.41) is 0. The van der Waals surface area contributed by atoms with Gasteiger partial charge in [-0.3, -0.25) is 14.4 Å². The lowest BCUT2D eigenvalue weighted by molar-refractivity contribution is -0.131. The van der Waals surface area contributed by atoms with Crippen molar-refractivity contribution in [2.24, 2.45) is 0 Å². The van der Waals surface area contributed by atoms with Gasteiger partial charge in [0.1, 0.15) is 5.69 Å². The number of rotatable bonds is 5. The molecule has 8 nitrogen and oxygen atoms in total. The van der Waals surface area contributed by atoms with Crippen molar-refractivity contribution in [1.29, 1.82) is 0 Å². The van der Waals surface area contributed by atoms with E-state index in [1.165, 1.54) is 4.90 Å². The van der Waals surface area contributed by atoms with Crippen LogP contribution in [0.25, 0.3) is 0 Å². The molecule has 0 unspecified atom stereocenters. The van der Waals surface area contributed by atoms with E-state index < -0.39 is 0 Å². The number of carbonyl (C=O) groups is 3. The standard InChI is InChI=1S/C23H29N5O3/c1-25(17-20(29)26-11-7-2-3-8-12-26)22(30)19-16-27-13-14-28(23(31)21(27)24-19)15-18-9-5-4-6-10-18/h4-6,9-10,16H,2-3,7-8,11-15,17H2,1H3. The third-order valence-corrected chi connectivity index (χ3v) is 5.98. The lowest BCUT2D eigenvalue weighted by Crippen LogP contribution is -2.41. The first-order valence-corrected chi connectivity index (χ1v) is 11.0. The number of fused-ring (bicyclic) bond motifs is 1. The van der Waals surface area contributed by atoms with Crippen LogP contribution in [0.3, 0.4) is 0 Å². The molecule has 164 valence electrons. The Morgan fingerprint density at radius 2 is 1.71 bits per heavy atom. The van der Waals surface area contributed by atoms with E-state index >= 15 is 0 Å². The van der Waals surface area contributed by atoms with Crippen LogP contribution in [-0.4, -0.2) is 75.2 Å². The number of nitrogens with zero attached hydrogens (tertiary/aromatic N) is 5. The fraction of sp³-hybridized carbons (Fsp3) is 0.478. The van der Waals surface area contributed by atoms with Crippen LogP contribution >= 0.6 is 0 Å². The maximum Gasteiger partial charge on any atom is 0.290 e. The number of hydrogen-bond acceptors (Lipinski definition) is 4. The molecule has 2 aliphatic rings. The van der Waals surface area contributed by atoms with Crippen LogP contribution in [0.4, 0.5) is 0 Å². The van der Waals surface area contributed by atoms with Crippen LogP contribution in [0.1, 0.15) is 52.4 Å². The van der Waals surface area contributed by atoms with Gasteiger partial charge in [-0.2, -0.15) is 0 Å². The van der Waals surface area contributed by atoms with Gasteiger partial charge in [-0.15, -0.1) is 0 Å². The molecule has 0 spiro atoms. The van der Waals surface area contributed by atoms with Crippen molar-refractivity contribution in [1.82, 2.24) is 24.3 Å². The minimum Gasteiger partial charge on any atom is -0.341 e. The van der Waals surface area contributed by atoms with Crippen LogP contribution in [0.15, 0.2) is 36.5 Å². The predicted molar refractivity (Wildman–Crippen MR) is 115 cm³/mol.